The second-order valence-electron chi connectivity index (χ2n) is 6.19. The Morgan fingerprint density at radius 3 is 2.73 bits per heavy atom. The molecule has 6 nitrogen and oxygen atoms in total. The highest BCUT2D eigenvalue weighted by Crippen LogP contribution is 2.37. The fraction of sp³-hybridized carbons (Fsp3) is 0.211. The lowest BCUT2D eigenvalue weighted by molar-refractivity contribution is -0.134. The van der Waals surface area contributed by atoms with Crippen LogP contribution in [0.2, 0.25) is 0 Å². The summed E-state index contributed by atoms with van der Waals surface area (Å²) in [6.07, 6.45) is 2.17. The summed E-state index contributed by atoms with van der Waals surface area (Å²) in [5.41, 5.74) is 1.15. The van der Waals surface area contributed by atoms with Crippen molar-refractivity contribution in [2.24, 2.45) is 0 Å². The van der Waals surface area contributed by atoms with E-state index in [1.807, 2.05) is 35.2 Å². The van der Waals surface area contributed by atoms with Crippen molar-refractivity contribution >= 4 is 17.2 Å². The van der Waals surface area contributed by atoms with Gasteiger partial charge in [-0.15, -0.1) is 11.3 Å². The molecule has 0 saturated carbocycles. The zero-order valence-corrected chi connectivity index (χ0v) is 14.7. The minimum Gasteiger partial charge on any atom is -0.330 e. The van der Waals surface area contributed by atoms with Gasteiger partial charge >= 0.3 is 5.69 Å². The van der Waals surface area contributed by atoms with E-state index >= 15 is 0 Å². The number of carbonyl (C=O) groups excluding carboxylic acids is 1. The van der Waals surface area contributed by atoms with Crippen LogP contribution in [0.1, 0.15) is 22.0 Å². The highest BCUT2D eigenvalue weighted by Gasteiger charge is 2.32. The number of fused-ring (bicyclic) bond motifs is 1. The second-order valence-corrected chi connectivity index (χ2v) is 7.19. The first-order chi connectivity index (χ1) is 12.6. The number of hydrogen-bond acceptors (Lipinski definition) is 4. The maximum absolute atomic E-state index is 13.0. The molecule has 1 atom stereocenters. The van der Waals surface area contributed by atoms with Crippen LogP contribution in [-0.2, 0) is 17.8 Å². The molecule has 1 aromatic carbocycles. The Kier molecular flexibility index (Phi) is 4.30. The number of hydrogen-bond donors (Lipinski definition) is 1. The number of rotatable bonds is 3. The number of carbonyl (C=O) groups is 1. The van der Waals surface area contributed by atoms with Crippen molar-refractivity contribution in [2.75, 3.05) is 6.54 Å². The van der Waals surface area contributed by atoms with Crippen LogP contribution in [0, 0.1) is 0 Å². The van der Waals surface area contributed by atoms with Crippen LogP contribution in [0.4, 0.5) is 0 Å². The molecule has 0 aliphatic carbocycles. The van der Waals surface area contributed by atoms with Gasteiger partial charge in [0.2, 0.25) is 5.91 Å². The molecule has 1 N–H and O–H groups in total. The molecule has 3 heterocycles. The van der Waals surface area contributed by atoms with Crippen LogP contribution in [0.5, 0.6) is 0 Å². The number of thiophene rings is 1. The van der Waals surface area contributed by atoms with Gasteiger partial charge in [0.05, 0.1) is 6.04 Å². The van der Waals surface area contributed by atoms with Crippen molar-refractivity contribution < 1.29 is 4.79 Å². The average Bonchev–Trinajstić information content (AvgIpc) is 3.12. The molecule has 132 valence electrons. The van der Waals surface area contributed by atoms with Crippen LogP contribution < -0.4 is 11.2 Å². The molecule has 0 unspecified atom stereocenters. The molecular weight excluding hydrogens is 350 g/mol. The second kappa shape index (κ2) is 6.76. The molecule has 1 amide bonds. The number of nitrogens with one attached hydrogen (secondary N) is 1. The van der Waals surface area contributed by atoms with E-state index in [4.69, 9.17) is 0 Å². The van der Waals surface area contributed by atoms with Crippen molar-refractivity contribution in [1.82, 2.24) is 14.5 Å². The first kappa shape index (κ1) is 16.5. The van der Waals surface area contributed by atoms with E-state index in [-0.39, 0.29) is 18.5 Å². The van der Waals surface area contributed by atoms with Gasteiger partial charge in [-0.25, -0.2) is 4.79 Å². The van der Waals surface area contributed by atoms with Gasteiger partial charge in [0.15, 0.2) is 0 Å². The minimum atomic E-state index is -0.574. The Balaban J connectivity index is 1.69. The van der Waals surface area contributed by atoms with E-state index in [0.717, 1.165) is 17.5 Å². The molecule has 7 heteroatoms. The smallest absolute Gasteiger partial charge is 0.328 e. The molecule has 0 saturated heterocycles. The zero-order valence-electron chi connectivity index (χ0n) is 13.9. The maximum atomic E-state index is 13.0. The standard InChI is InChI=1S/C19H17N3O3S/c23-16-7-9-21(19(25)20-16)12-17(24)22-10-6-15-14(8-11-26-15)18(22)13-4-2-1-3-5-13/h1-5,7-9,11,18H,6,10,12H2,(H,20,23,25)/t18-/m0/s1. The third-order valence-corrected chi connectivity index (χ3v) is 5.60. The molecule has 3 aromatic rings. The number of benzene rings is 1. The van der Waals surface area contributed by atoms with Gasteiger partial charge in [0.25, 0.3) is 5.56 Å². The van der Waals surface area contributed by atoms with Gasteiger partial charge in [0.1, 0.15) is 6.54 Å². The highest BCUT2D eigenvalue weighted by atomic mass is 32.1. The highest BCUT2D eigenvalue weighted by molar-refractivity contribution is 7.10. The van der Waals surface area contributed by atoms with E-state index in [1.54, 1.807) is 11.3 Å². The van der Waals surface area contributed by atoms with Gasteiger partial charge in [-0.2, -0.15) is 0 Å². The zero-order chi connectivity index (χ0) is 18.1. The minimum absolute atomic E-state index is 0.0988. The largest absolute Gasteiger partial charge is 0.330 e. The van der Waals surface area contributed by atoms with Crippen molar-refractivity contribution in [3.05, 3.63) is 90.9 Å². The van der Waals surface area contributed by atoms with Gasteiger partial charge in [-0.05, 0) is 29.0 Å². The molecule has 0 bridgehead atoms. The molecule has 26 heavy (non-hydrogen) atoms. The fourth-order valence-electron chi connectivity index (χ4n) is 3.39. The SMILES string of the molecule is O=C(Cn1ccc(=O)[nH]c1=O)N1CCc2sccc2[C@@H]1c1ccccc1. The Labute approximate surface area is 153 Å². The Bertz CT molecular complexity index is 1050. The topological polar surface area (TPSA) is 75.2 Å². The molecule has 1 aliphatic heterocycles. The summed E-state index contributed by atoms with van der Waals surface area (Å²) in [5.74, 6) is -0.148. The average molecular weight is 367 g/mol. The molecule has 0 radical (unpaired) electrons. The van der Waals surface area contributed by atoms with Gasteiger partial charge in [-0.1, -0.05) is 30.3 Å². The van der Waals surface area contributed by atoms with E-state index in [0.29, 0.717) is 6.54 Å². The molecule has 2 aromatic heterocycles. The van der Waals surface area contributed by atoms with E-state index in [2.05, 4.69) is 16.4 Å². The maximum Gasteiger partial charge on any atom is 0.328 e. The Hall–Kier alpha value is -2.93. The van der Waals surface area contributed by atoms with Crippen molar-refractivity contribution in [1.29, 1.82) is 0 Å². The molecule has 0 fully saturated rings. The Morgan fingerprint density at radius 2 is 1.96 bits per heavy atom. The van der Waals surface area contributed by atoms with Gasteiger partial charge < -0.3 is 4.90 Å². The van der Waals surface area contributed by atoms with Crippen LogP contribution in [-0.4, -0.2) is 26.9 Å². The lowest BCUT2D eigenvalue weighted by Crippen LogP contribution is -2.43. The number of H-pyrrole nitrogens is 1. The number of aromatic nitrogens is 2. The molecular formula is C19H17N3O3S. The predicted octanol–water partition coefficient (Wildman–Crippen LogP) is 1.77. The number of nitrogens with zero attached hydrogens (tertiary/aromatic N) is 2. The summed E-state index contributed by atoms with van der Waals surface area (Å²) < 4.78 is 1.23. The van der Waals surface area contributed by atoms with Crippen LogP contribution in [0.15, 0.2) is 63.6 Å². The lowest BCUT2D eigenvalue weighted by Gasteiger charge is -2.36. The van der Waals surface area contributed by atoms with Crippen LogP contribution >= 0.6 is 11.3 Å². The molecule has 0 spiro atoms. The van der Waals surface area contributed by atoms with Crippen LogP contribution in [0.3, 0.4) is 0 Å². The van der Waals surface area contributed by atoms with Crippen LogP contribution in [0.25, 0.3) is 0 Å². The lowest BCUT2D eigenvalue weighted by atomic mass is 9.93. The Morgan fingerprint density at radius 1 is 1.15 bits per heavy atom. The number of aromatic amines is 1. The van der Waals surface area contributed by atoms with Gasteiger partial charge in [-0.3, -0.25) is 19.1 Å². The summed E-state index contributed by atoms with van der Waals surface area (Å²) in [6.45, 7) is 0.502. The molecule has 1 aliphatic rings. The fourth-order valence-corrected chi connectivity index (χ4v) is 4.29. The predicted molar refractivity (Wildman–Crippen MR) is 99.3 cm³/mol. The summed E-state index contributed by atoms with van der Waals surface area (Å²) in [7, 11) is 0. The third kappa shape index (κ3) is 3.01. The number of amides is 1. The van der Waals surface area contributed by atoms with E-state index in [1.165, 1.54) is 21.7 Å². The summed E-state index contributed by atoms with van der Waals surface area (Å²) >= 11 is 1.71. The molecule has 4 rings (SSSR count). The normalized spacial score (nSPS) is 16.3. The monoisotopic (exact) mass is 367 g/mol. The van der Waals surface area contributed by atoms with E-state index < -0.39 is 11.2 Å². The van der Waals surface area contributed by atoms with Crippen molar-refractivity contribution in [2.45, 2.75) is 19.0 Å². The third-order valence-electron chi connectivity index (χ3n) is 4.60. The summed E-state index contributed by atoms with van der Waals surface area (Å²) in [6, 6.07) is 13.1. The first-order valence-corrected chi connectivity index (χ1v) is 9.22. The van der Waals surface area contributed by atoms with Crippen molar-refractivity contribution in [3.8, 4) is 0 Å². The summed E-state index contributed by atoms with van der Waals surface area (Å²) in [4.78, 5) is 41.4. The van der Waals surface area contributed by atoms with E-state index in [9.17, 15) is 14.4 Å². The first-order valence-electron chi connectivity index (χ1n) is 8.34. The van der Waals surface area contributed by atoms with Crippen molar-refractivity contribution in [3.63, 3.8) is 0 Å². The quantitative estimate of drug-likeness (QED) is 0.767. The summed E-state index contributed by atoms with van der Waals surface area (Å²) in [5, 5.41) is 2.06. The van der Waals surface area contributed by atoms with Gasteiger partial charge in [0, 0.05) is 23.7 Å².